The fourth-order valence-corrected chi connectivity index (χ4v) is 5.18. The van der Waals surface area contributed by atoms with Crippen LogP contribution in [0.1, 0.15) is 111 Å². The molecule has 0 unspecified atom stereocenters. The normalized spacial score (nSPS) is 13.4. The summed E-state index contributed by atoms with van der Waals surface area (Å²) in [7, 11) is 0. The zero-order valence-electron chi connectivity index (χ0n) is 25.9. The summed E-state index contributed by atoms with van der Waals surface area (Å²) in [4.78, 5) is 87.1. The van der Waals surface area contributed by atoms with Crippen molar-refractivity contribution >= 4 is 41.6 Å². The van der Waals surface area contributed by atoms with E-state index in [1.807, 2.05) is 24.3 Å². The third kappa shape index (κ3) is 6.38. The number of fused-ring (bicyclic) bond motifs is 2. The Bertz CT molecular complexity index is 1970. The second kappa shape index (κ2) is 12.2. The second-order valence-corrected chi connectivity index (χ2v) is 12.2. The van der Waals surface area contributed by atoms with E-state index in [1.165, 1.54) is 42.5 Å². The molecule has 0 fully saturated rings. The van der Waals surface area contributed by atoms with E-state index in [9.17, 15) is 33.6 Å². The number of aryl methyl sites for hydroxylation is 1. The van der Waals surface area contributed by atoms with Crippen LogP contribution in [0, 0.1) is 0 Å². The summed E-state index contributed by atoms with van der Waals surface area (Å²) in [5.74, 6) is -5.93. The number of rotatable bonds is 8. The van der Waals surface area contributed by atoms with E-state index < -0.39 is 35.8 Å². The number of carbonyl (C=O) groups excluding carboxylic acids is 7. The summed E-state index contributed by atoms with van der Waals surface area (Å²) in [6.45, 7) is 6.32. The van der Waals surface area contributed by atoms with Gasteiger partial charge in [0.15, 0.2) is 5.78 Å². The van der Waals surface area contributed by atoms with Crippen LogP contribution in [-0.4, -0.2) is 41.6 Å². The molecule has 0 aliphatic carbocycles. The van der Waals surface area contributed by atoms with Gasteiger partial charge < -0.3 is 18.9 Å². The fourth-order valence-electron chi connectivity index (χ4n) is 5.18. The molecule has 0 spiro atoms. The zero-order chi connectivity index (χ0) is 34.3. The first-order valence-corrected chi connectivity index (χ1v) is 14.8. The van der Waals surface area contributed by atoms with E-state index in [1.54, 1.807) is 0 Å². The van der Waals surface area contributed by atoms with Gasteiger partial charge in [0.1, 0.15) is 11.5 Å². The molecule has 4 aromatic rings. The molecule has 4 aromatic carbocycles. The van der Waals surface area contributed by atoms with E-state index in [4.69, 9.17) is 9.47 Å². The number of hydrogen-bond acceptors (Lipinski definition) is 11. The van der Waals surface area contributed by atoms with E-state index in [-0.39, 0.29) is 68.1 Å². The van der Waals surface area contributed by atoms with Crippen LogP contribution in [0.2, 0.25) is 0 Å². The lowest BCUT2D eigenvalue weighted by Gasteiger charge is -2.19. The number of ketones is 1. The highest BCUT2D eigenvalue weighted by Gasteiger charge is 2.32. The number of hydrogen-bond donors (Lipinski definition) is 0. The smallest absolute Gasteiger partial charge is 0.346 e. The van der Waals surface area contributed by atoms with Gasteiger partial charge in [-0.05, 0) is 71.5 Å². The van der Waals surface area contributed by atoms with Crippen molar-refractivity contribution in [3.8, 4) is 11.5 Å². The largest absolute Gasteiger partial charge is 0.423 e. The van der Waals surface area contributed by atoms with Crippen LogP contribution in [-0.2, 0) is 21.3 Å². The molecular weight excluding hydrogens is 620 g/mol. The van der Waals surface area contributed by atoms with Crippen LogP contribution in [0.4, 0.5) is 0 Å². The Morgan fingerprint density at radius 3 is 1.48 bits per heavy atom. The van der Waals surface area contributed by atoms with E-state index in [0.717, 1.165) is 23.3 Å². The Morgan fingerprint density at radius 1 is 0.562 bits per heavy atom. The minimum atomic E-state index is -0.924. The highest BCUT2D eigenvalue weighted by atomic mass is 16.6. The van der Waals surface area contributed by atoms with Crippen LogP contribution >= 0.6 is 0 Å². The van der Waals surface area contributed by atoms with Crippen molar-refractivity contribution in [2.45, 2.75) is 39.0 Å². The molecule has 0 N–H and O–H groups in total. The van der Waals surface area contributed by atoms with Crippen LogP contribution in [0.25, 0.3) is 0 Å². The molecule has 0 bridgehead atoms. The molecule has 2 aliphatic rings. The summed E-state index contributed by atoms with van der Waals surface area (Å²) in [5.41, 5.74) is 1.83. The fraction of sp³-hybridized carbons (Fsp3) is 0.162. The summed E-state index contributed by atoms with van der Waals surface area (Å²) in [6.07, 6.45) is 0.498. The van der Waals surface area contributed by atoms with Crippen molar-refractivity contribution in [3.05, 3.63) is 129 Å². The first-order valence-electron chi connectivity index (χ1n) is 14.8. The Morgan fingerprint density at radius 2 is 1.02 bits per heavy atom. The molecule has 0 saturated heterocycles. The van der Waals surface area contributed by atoms with Crippen molar-refractivity contribution in [1.82, 2.24) is 0 Å². The van der Waals surface area contributed by atoms with E-state index >= 15 is 0 Å². The number of carbonyl (C=O) groups is 7. The number of cyclic esters (lactones) is 4. The molecule has 11 heteroatoms. The minimum absolute atomic E-state index is 0.00979. The van der Waals surface area contributed by atoms with Crippen molar-refractivity contribution in [3.63, 3.8) is 0 Å². The van der Waals surface area contributed by atoms with Gasteiger partial charge in [-0.3, -0.25) is 4.79 Å². The number of benzene rings is 4. The molecule has 0 atom stereocenters. The zero-order valence-corrected chi connectivity index (χ0v) is 25.9. The quantitative estimate of drug-likeness (QED) is 0.0978. The summed E-state index contributed by atoms with van der Waals surface area (Å²) >= 11 is 0. The standard InChI is InChI=1S/C37H26O11/c1-37(2,3)23-9-4-19(5-10-23)6-13-30(38)22-14-24(45-31(39)20-7-11-26-28(16-20)35(43)47-33(26)41)18-25(15-22)46-32(40)21-8-12-27-29(17-21)36(44)48-34(27)42/h4-5,7-12,14-18H,6,13H2,1-3H3. The number of esters is 6. The topological polar surface area (TPSA) is 156 Å². The summed E-state index contributed by atoms with van der Waals surface area (Å²) in [6, 6.07) is 19.2. The number of ether oxygens (including phenoxy) is 4. The SMILES string of the molecule is CC(C)(C)c1ccc(CCC(=O)c2cc(OC(=O)c3ccc4c(c3)C(=O)OC4=O)cc(OC(=O)c3ccc4c(c3)C(=O)OC4=O)c2)cc1. The monoisotopic (exact) mass is 646 g/mol. The van der Waals surface area contributed by atoms with Gasteiger partial charge in [-0.15, -0.1) is 0 Å². The average molecular weight is 647 g/mol. The lowest BCUT2D eigenvalue weighted by atomic mass is 9.86. The predicted molar refractivity (Wildman–Crippen MR) is 167 cm³/mol. The lowest BCUT2D eigenvalue weighted by molar-refractivity contribution is 0.0425. The van der Waals surface area contributed by atoms with Crippen LogP contribution in [0.15, 0.2) is 78.9 Å². The summed E-state index contributed by atoms with van der Waals surface area (Å²) in [5, 5.41) is 0. The number of Topliss-reactive ketones (excluding diaryl/α,β-unsaturated/α-hetero) is 1. The molecule has 48 heavy (non-hydrogen) atoms. The highest BCUT2D eigenvalue weighted by Crippen LogP contribution is 2.29. The molecular formula is C37H26O11. The first-order chi connectivity index (χ1) is 22.8. The van der Waals surface area contributed by atoms with Gasteiger partial charge in [0.05, 0.1) is 33.4 Å². The third-order valence-electron chi connectivity index (χ3n) is 7.84. The van der Waals surface area contributed by atoms with Crippen LogP contribution < -0.4 is 9.47 Å². The van der Waals surface area contributed by atoms with Crippen LogP contribution in [0.5, 0.6) is 11.5 Å². The third-order valence-corrected chi connectivity index (χ3v) is 7.84. The molecule has 0 saturated carbocycles. The Kier molecular flexibility index (Phi) is 8.05. The molecule has 6 rings (SSSR count). The molecule has 0 amide bonds. The van der Waals surface area contributed by atoms with Crippen LogP contribution in [0.3, 0.4) is 0 Å². The average Bonchev–Trinajstić information content (AvgIpc) is 3.51. The first kappa shape index (κ1) is 31.7. The molecule has 0 aromatic heterocycles. The predicted octanol–water partition coefficient (Wildman–Crippen LogP) is 5.86. The molecule has 11 nitrogen and oxygen atoms in total. The van der Waals surface area contributed by atoms with Crippen molar-refractivity contribution < 1.29 is 52.5 Å². The molecule has 0 radical (unpaired) electrons. The lowest BCUT2D eigenvalue weighted by Crippen LogP contribution is -2.13. The van der Waals surface area contributed by atoms with Gasteiger partial charge in [-0.1, -0.05) is 45.0 Å². The van der Waals surface area contributed by atoms with E-state index in [2.05, 4.69) is 30.2 Å². The van der Waals surface area contributed by atoms with Gasteiger partial charge in [-0.2, -0.15) is 0 Å². The van der Waals surface area contributed by atoms with Gasteiger partial charge in [-0.25, -0.2) is 28.8 Å². The molecule has 240 valence electrons. The Labute approximate surface area is 273 Å². The molecule has 2 aliphatic heterocycles. The van der Waals surface area contributed by atoms with E-state index in [0.29, 0.717) is 6.42 Å². The van der Waals surface area contributed by atoms with Gasteiger partial charge in [0.2, 0.25) is 0 Å². The van der Waals surface area contributed by atoms with Gasteiger partial charge in [0, 0.05) is 18.1 Å². The maximum absolute atomic E-state index is 13.4. The highest BCUT2D eigenvalue weighted by molar-refractivity contribution is 6.16. The maximum Gasteiger partial charge on any atom is 0.346 e. The van der Waals surface area contributed by atoms with Crippen molar-refractivity contribution in [2.75, 3.05) is 0 Å². The minimum Gasteiger partial charge on any atom is -0.423 e. The van der Waals surface area contributed by atoms with Crippen molar-refractivity contribution in [2.24, 2.45) is 0 Å². The Hall–Kier alpha value is -6.23. The molecule has 2 heterocycles. The Balaban J connectivity index is 1.26. The van der Waals surface area contributed by atoms with Gasteiger partial charge >= 0.3 is 35.8 Å². The van der Waals surface area contributed by atoms with Gasteiger partial charge in [0.25, 0.3) is 0 Å². The van der Waals surface area contributed by atoms with Crippen molar-refractivity contribution in [1.29, 1.82) is 0 Å². The maximum atomic E-state index is 13.4. The second-order valence-electron chi connectivity index (χ2n) is 12.2. The summed E-state index contributed by atoms with van der Waals surface area (Å²) < 4.78 is 20.2.